The Bertz CT molecular complexity index is 765. The largest absolute Gasteiger partial charge is 0.511 e. The molecule has 1 aromatic heterocycles. The van der Waals surface area contributed by atoms with E-state index < -0.39 is 36.7 Å². The molecule has 0 amide bonds. The Morgan fingerprint density at radius 2 is 0.852 bits per heavy atom. The number of nitrogens with zero attached hydrogens (tertiary/aromatic N) is 3. The zero-order chi connectivity index (χ0) is 20.6. The molecule has 0 aliphatic rings. The van der Waals surface area contributed by atoms with Crippen molar-refractivity contribution in [3.05, 3.63) is 67.0 Å². The van der Waals surface area contributed by atoms with Crippen molar-refractivity contribution in [3.8, 4) is 0 Å². The molecule has 9 heteroatoms. The Hall–Kier alpha value is -2.97. The van der Waals surface area contributed by atoms with Crippen LogP contribution in [0.15, 0.2) is 49.9 Å². The molecule has 0 atom stereocenters. The Morgan fingerprint density at radius 1 is 0.630 bits per heavy atom. The number of aliphatic hydroxyl groups excluding tert-OH is 3. The minimum Gasteiger partial charge on any atom is -0.511 e. The maximum Gasteiger partial charge on any atom is 0.337 e. The Labute approximate surface area is 156 Å². The summed E-state index contributed by atoms with van der Waals surface area (Å²) in [4.78, 5) is 37.8. The second-order valence-electron chi connectivity index (χ2n) is 5.92. The van der Waals surface area contributed by atoms with E-state index in [1.165, 1.54) is 18.2 Å². The van der Waals surface area contributed by atoms with Gasteiger partial charge < -0.3 is 15.3 Å². The van der Waals surface area contributed by atoms with Gasteiger partial charge in [-0.05, 0) is 37.5 Å². The molecule has 0 spiro atoms. The summed E-state index contributed by atoms with van der Waals surface area (Å²) < 4.78 is 2.09. The first-order chi connectivity index (χ1) is 12.8. The summed E-state index contributed by atoms with van der Waals surface area (Å²) in [6.45, 7) is 4.09. The van der Waals surface area contributed by atoms with E-state index in [0.717, 1.165) is 0 Å². The Morgan fingerprint density at radius 3 is 1.04 bits per heavy atom. The molecular formula is C18H27N3O6. The van der Waals surface area contributed by atoms with Gasteiger partial charge in [0.1, 0.15) is 17.3 Å². The van der Waals surface area contributed by atoms with Crippen LogP contribution < -0.4 is 17.1 Å². The zero-order valence-electron chi connectivity index (χ0n) is 15.9. The van der Waals surface area contributed by atoms with Crippen LogP contribution in [0.5, 0.6) is 0 Å². The van der Waals surface area contributed by atoms with Crippen molar-refractivity contribution >= 4 is 0 Å². The van der Waals surface area contributed by atoms with Gasteiger partial charge in [-0.1, -0.05) is 20.8 Å². The molecule has 27 heavy (non-hydrogen) atoms. The second kappa shape index (κ2) is 10.2. The molecule has 0 saturated heterocycles. The molecule has 0 saturated carbocycles. The maximum atomic E-state index is 12.6. The predicted octanol–water partition coefficient (Wildman–Crippen LogP) is 1.73. The highest BCUT2D eigenvalue weighted by atomic mass is 16.3. The molecule has 0 aliphatic carbocycles. The number of rotatable bonds is 9. The molecule has 150 valence electrons. The van der Waals surface area contributed by atoms with Crippen molar-refractivity contribution in [3.63, 3.8) is 0 Å². The third kappa shape index (κ3) is 5.77. The normalized spacial score (nSPS) is 13.2. The number of hydrogen-bond acceptors (Lipinski definition) is 6. The van der Waals surface area contributed by atoms with Gasteiger partial charge in [-0.3, -0.25) is 0 Å². The molecule has 0 unspecified atom stereocenters. The molecule has 0 bridgehead atoms. The van der Waals surface area contributed by atoms with Crippen LogP contribution in [0.2, 0.25) is 0 Å². The summed E-state index contributed by atoms with van der Waals surface area (Å²) in [6, 6.07) is 0. The summed E-state index contributed by atoms with van der Waals surface area (Å²) in [6.07, 6.45) is 5.80. The fourth-order valence-electron chi connectivity index (χ4n) is 2.47. The van der Waals surface area contributed by atoms with Gasteiger partial charge in [-0.15, -0.1) is 0 Å². The lowest BCUT2D eigenvalue weighted by Gasteiger charge is -2.13. The predicted molar refractivity (Wildman–Crippen MR) is 102 cm³/mol. The Balaban J connectivity index is 3.67. The average molecular weight is 381 g/mol. The van der Waals surface area contributed by atoms with Crippen LogP contribution in [0.4, 0.5) is 0 Å². The first-order valence-corrected chi connectivity index (χ1v) is 8.85. The van der Waals surface area contributed by atoms with E-state index in [4.69, 9.17) is 0 Å². The molecule has 1 aromatic rings. The Kier molecular flexibility index (Phi) is 8.37. The highest BCUT2D eigenvalue weighted by Crippen LogP contribution is 1.97. The summed E-state index contributed by atoms with van der Waals surface area (Å²) in [5.74, 6) is -0.597. The first-order valence-electron chi connectivity index (χ1n) is 8.85. The van der Waals surface area contributed by atoms with Gasteiger partial charge in [0.15, 0.2) is 0 Å². The summed E-state index contributed by atoms with van der Waals surface area (Å²) >= 11 is 0. The van der Waals surface area contributed by atoms with E-state index in [-0.39, 0.29) is 17.3 Å². The van der Waals surface area contributed by atoms with E-state index in [0.29, 0.717) is 33.0 Å². The maximum absolute atomic E-state index is 12.6. The molecule has 1 heterocycles. The quantitative estimate of drug-likeness (QED) is 0.559. The average Bonchev–Trinajstić information content (AvgIpc) is 2.60. The van der Waals surface area contributed by atoms with Crippen LogP contribution in [0, 0.1) is 0 Å². The van der Waals surface area contributed by atoms with Gasteiger partial charge in [0.05, 0.1) is 19.6 Å². The lowest BCUT2D eigenvalue weighted by molar-refractivity contribution is 0.326. The van der Waals surface area contributed by atoms with Crippen molar-refractivity contribution in [1.82, 2.24) is 13.7 Å². The van der Waals surface area contributed by atoms with Crippen LogP contribution >= 0.6 is 0 Å². The molecule has 9 nitrogen and oxygen atoms in total. The van der Waals surface area contributed by atoms with Gasteiger partial charge in [0.25, 0.3) is 0 Å². The van der Waals surface area contributed by atoms with Gasteiger partial charge >= 0.3 is 17.1 Å². The van der Waals surface area contributed by atoms with Crippen LogP contribution in [0.3, 0.4) is 0 Å². The van der Waals surface area contributed by atoms with Gasteiger partial charge in [0.2, 0.25) is 0 Å². The summed E-state index contributed by atoms with van der Waals surface area (Å²) in [5.41, 5.74) is -2.85. The van der Waals surface area contributed by atoms with Gasteiger partial charge in [0, 0.05) is 0 Å². The van der Waals surface area contributed by atoms with E-state index in [1.807, 2.05) is 0 Å². The monoisotopic (exact) mass is 381 g/mol. The SMILES string of the molecule is CCC=C(O)Cn1c(=O)n(CC(O)=CCC)c(=O)n(CC(O)=CCC)c1=O. The van der Waals surface area contributed by atoms with Gasteiger partial charge in [-0.25, -0.2) is 28.1 Å². The summed E-state index contributed by atoms with van der Waals surface area (Å²) in [7, 11) is 0. The lowest BCUT2D eigenvalue weighted by atomic mass is 10.3. The van der Waals surface area contributed by atoms with Crippen molar-refractivity contribution in [2.24, 2.45) is 0 Å². The van der Waals surface area contributed by atoms with E-state index in [9.17, 15) is 29.7 Å². The van der Waals surface area contributed by atoms with Crippen molar-refractivity contribution in [1.29, 1.82) is 0 Å². The third-order valence-corrected chi connectivity index (χ3v) is 3.67. The highest BCUT2D eigenvalue weighted by molar-refractivity contribution is 4.97. The number of aliphatic hydroxyl groups is 3. The fourth-order valence-corrected chi connectivity index (χ4v) is 2.47. The topological polar surface area (TPSA) is 127 Å². The van der Waals surface area contributed by atoms with Crippen LogP contribution in [0.25, 0.3) is 0 Å². The zero-order valence-corrected chi connectivity index (χ0v) is 15.9. The molecule has 0 aliphatic heterocycles. The highest BCUT2D eigenvalue weighted by Gasteiger charge is 2.17. The van der Waals surface area contributed by atoms with Crippen LogP contribution in [0.1, 0.15) is 40.0 Å². The van der Waals surface area contributed by atoms with E-state index >= 15 is 0 Å². The van der Waals surface area contributed by atoms with E-state index in [1.54, 1.807) is 20.8 Å². The minimum absolute atomic E-state index is 0.199. The third-order valence-electron chi connectivity index (χ3n) is 3.67. The second-order valence-corrected chi connectivity index (χ2v) is 5.92. The number of hydrogen-bond donors (Lipinski definition) is 3. The van der Waals surface area contributed by atoms with Crippen molar-refractivity contribution in [2.45, 2.75) is 59.7 Å². The summed E-state index contributed by atoms with van der Waals surface area (Å²) in [5, 5.41) is 29.6. The smallest absolute Gasteiger partial charge is 0.337 e. The standard InChI is InChI=1S/C18H27N3O6/c1-4-7-13(22)10-19-16(25)20(11-14(23)8-5-2)18(27)21(17(19)26)12-15(24)9-6-3/h7-9,22-24H,4-6,10-12H2,1-3H3. The molecule has 3 N–H and O–H groups in total. The fraction of sp³-hybridized carbons (Fsp3) is 0.500. The van der Waals surface area contributed by atoms with E-state index in [2.05, 4.69) is 0 Å². The number of allylic oxidation sites excluding steroid dienone is 6. The molecule has 0 radical (unpaired) electrons. The minimum atomic E-state index is -0.952. The molecule has 0 aromatic carbocycles. The molecular weight excluding hydrogens is 354 g/mol. The lowest BCUT2D eigenvalue weighted by Crippen LogP contribution is -2.55. The molecule has 1 rings (SSSR count). The van der Waals surface area contributed by atoms with Crippen molar-refractivity contribution in [2.75, 3.05) is 0 Å². The molecule has 0 fully saturated rings. The van der Waals surface area contributed by atoms with Crippen molar-refractivity contribution < 1.29 is 15.3 Å². The first kappa shape index (κ1) is 22.1. The van der Waals surface area contributed by atoms with Gasteiger partial charge in [-0.2, -0.15) is 0 Å². The van der Waals surface area contributed by atoms with Crippen LogP contribution in [-0.4, -0.2) is 29.0 Å². The van der Waals surface area contributed by atoms with Crippen LogP contribution in [-0.2, 0) is 19.6 Å². The number of aromatic nitrogens is 3.